The first kappa shape index (κ1) is 11.5. The molecular weight excluding hydrogens is 188 g/mol. The van der Waals surface area contributed by atoms with Crippen molar-refractivity contribution in [2.75, 3.05) is 6.61 Å². The van der Waals surface area contributed by atoms with Crippen LogP contribution in [0.25, 0.3) is 0 Å². The molecule has 0 spiro atoms. The first-order valence-corrected chi connectivity index (χ1v) is 4.90. The van der Waals surface area contributed by atoms with Crippen LogP contribution >= 0.6 is 0 Å². The zero-order valence-corrected chi connectivity index (χ0v) is 9.37. The van der Waals surface area contributed by atoms with E-state index < -0.39 is 6.04 Å². The van der Waals surface area contributed by atoms with Crippen molar-refractivity contribution < 1.29 is 4.74 Å². The van der Waals surface area contributed by atoms with Crippen LogP contribution in [0.15, 0.2) is 12.1 Å². The number of benzene rings is 1. The van der Waals surface area contributed by atoms with Gasteiger partial charge in [0, 0.05) is 0 Å². The van der Waals surface area contributed by atoms with Gasteiger partial charge in [0.2, 0.25) is 0 Å². The predicted molar refractivity (Wildman–Crippen MR) is 59.7 cm³/mol. The molecule has 0 aliphatic rings. The number of aryl methyl sites for hydroxylation is 3. The molecule has 0 saturated heterocycles. The van der Waals surface area contributed by atoms with Crippen LogP contribution < -0.4 is 10.5 Å². The molecule has 0 amide bonds. The van der Waals surface area contributed by atoms with Gasteiger partial charge < -0.3 is 10.5 Å². The zero-order valence-electron chi connectivity index (χ0n) is 9.37. The molecule has 0 saturated carbocycles. The molecule has 3 nitrogen and oxygen atoms in total. The van der Waals surface area contributed by atoms with Gasteiger partial charge in [-0.1, -0.05) is 6.07 Å². The summed E-state index contributed by atoms with van der Waals surface area (Å²) < 4.78 is 5.48. The molecule has 0 bridgehead atoms. The Labute approximate surface area is 90.5 Å². The van der Waals surface area contributed by atoms with Gasteiger partial charge in [-0.3, -0.25) is 0 Å². The Balaban J connectivity index is 2.78. The molecule has 0 aliphatic carbocycles. The summed E-state index contributed by atoms with van der Waals surface area (Å²) in [6.07, 6.45) is 0. The molecule has 0 aliphatic heterocycles. The molecule has 0 heterocycles. The van der Waals surface area contributed by atoms with Gasteiger partial charge in [0.25, 0.3) is 0 Å². The van der Waals surface area contributed by atoms with E-state index in [2.05, 4.69) is 13.0 Å². The van der Waals surface area contributed by atoms with Gasteiger partial charge in [-0.05, 0) is 43.5 Å². The average molecular weight is 204 g/mol. The molecule has 1 rings (SSSR count). The maximum absolute atomic E-state index is 8.53. The highest BCUT2D eigenvalue weighted by Gasteiger charge is 2.05. The minimum Gasteiger partial charge on any atom is -0.491 e. The number of ether oxygens (including phenoxy) is 1. The van der Waals surface area contributed by atoms with Gasteiger partial charge in [-0.15, -0.1) is 0 Å². The summed E-state index contributed by atoms with van der Waals surface area (Å²) >= 11 is 0. The molecule has 0 fully saturated rings. The summed E-state index contributed by atoms with van der Waals surface area (Å²) in [5.41, 5.74) is 8.95. The fourth-order valence-corrected chi connectivity index (χ4v) is 1.31. The minimum atomic E-state index is -0.564. The average Bonchev–Trinajstić information content (AvgIpc) is 2.21. The topological polar surface area (TPSA) is 59.0 Å². The third-order valence-corrected chi connectivity index (χ3v) is 2.38. The third-order valence-electron chi connectivity index (χ3n) is 2.38. The van der Waals surface area contributed by atoms with Gasteiger partial charge in [0.1, 0.15) is 18.4 Å². The van der Waals surface area contributed by atoms with Crippen LogP contribution in [0.4, 0.5) is 0 Å². The van der Waals surface area contributed by atoms with E-state index >= 15 is 0 Å². The maximum Gasteiger partial charge on any atom is 0.127 e. The second-order valence-electron chi connectivity index (χ2n) is 3.75. The summed E-state index contributed by atoms with van der Waals surface area (Å²) in [6, 6.07) is 5.42. The number of rotatable bonds is 3. The van der Waals surface area contributed by atoms with E-state index in [1.165, 1.54) is 11.1 Å². The number of hydrogen-bond donors (Lipinski definition) is 1. The van der Waals surface area contributed by atoms with Crippen LogP contribution in [0.3, 0.4) is 0 Å². The zero-order chi connectivity index (χ0) is 11.4. The second kappa shape index (κ2) is 4.81. The minimum absolute atomic E-state index is 0.236. The molecule has 1 atom stereocenters. The van der Waals surface area contributed by atoms with Crippen molar-refractivity contribution in [1.29, 1.82) is 5.26 Å². The molecule has 15 heavy (non-hydrogen) atoms. The first-order chi connectivity index (χ1) is 7.04. The van der Waals surface area contributed by atoms with Crippen molar-refractivity contribution in [3.05, 3.63) is 28.8 Å². The molecule has 0 aromatic heterocycles. The standard InChI is InChI=1S/C12H16N2O/c1-8-4-10(3)12(5-9(8)2)15-7-11(14)6-13/h4-5,11H,7,14H2,1-3H3. The highest BCUT2D eigenvalue weighted by molar-refractivity contribution is 5.40. The lowest BCUT2D eigenvalue weighted by Gasteiger charge is -2.12. The van der Waals surface area contributed by atoms with Gasteiger partial charge in [0.05, 0.1) is 6.07 Å². The number of nitrogens with two attached hydrogens (primary N) is 1. The molecular formula is C12H16N2O. The smallest absolute Gasteiger partial charge is 0.127 e. The van der Waals surface area contributed by atoms with Crippen LogP contribution in [-0.4, -0.2) is 12.6 Å². The van der Waals surface area contributed by atoms with Crippen molar-refractivity contribution in [3.8, 4) is 11.8 Å². The van der Waals surface area contributed by atoms with Crippen LogP contribution in [0.2, 0.25) is 0 Å². The van der Waals surface area contributed by atoms with Crippen molar-refractivity contribution >= 4 is 0 Å². The second-order valence-corrected chi connectivity index (χ2v) is 3.75. The Morgan fingerprint density at radius 3 is 2.47 bits per heavy atom. The van der Waals surface area contributed by atoms with E-state index in [9.17, 15) is 0 Å². The Morgan fingerprint density at radius 2 is 1.87 bits per heavy atom. The number of nitriles is 1. The van der Waals surface area contributed by atoms with Gasteiger partial charge >= 0.3 is 0 Å². The largest absolute Gasteiger partial charge is 0.491 e. The van der Waals surface area contributed by atoms with Gasteiger partial charge in [0.15, 0.2) is 0 Å². The van der Waals surface area contributed by atoms with Crippen LogP contribution in [0.5, 0.6) is 5.75 Å². The summed E-state index contributed by atoms with van der Waals surface area (Å²) in [5.74, 6) is 0.809. The van der Waals surface area contributed by atoms with Crippen LogP contribution in [-0.2, 0) is 0 Å². The first-order valence-electron chi connectivity index (χ1n) is 4.90. The molecule has 1 unspecified atom stereocenters. The van der Waals surface area contributed by atoms with Crippen molar-refractivity contribution in [1.82, 2.24) is 0 Å². The number of nitrogens with zero attached hydrogens (tertiary/aromatic N) is 1. The lowest BCUT2D eigenvalue weighted by Crippen LogP contribution is -2.25. The van der Waals surface area contributed by atoms with Crippen LogP contribution in [0.1, 0.15) is 16.7 Å². The molecule has 0 radical (unpaired) electrons. The van der Waals surface area contributed by atoms with E-state index in [-0.39, 0.29) is 6.61 Å². The van der Waals surface area contributed by atoms with Crippen LogP contribution in [0, 0.1) is 32.1 Å². The Bertz CT molecular complexity index is 393. The summed E-state index contributed by atoms with van der Waals surface area (Å²) in [7, 11) is 0. The Hall–Kier alpha value is -1.53. The third kappa shape index (κ3) is 2.97. The Morgan fingerprint density at radius 1 is 1.27 bits per heavy atom. The SMILES string of the molecule is Cc1cc(C)c(OCC(N)C#N)cc1C. The molecule has 80 valence electrons. The normalized spacial score (nSPS) is 11.9. The molecule has 2 N–H and O–H groups in total. The molecule has 1 aromatic rings. The maximum atomic E-state index is 8.53. The predicted octanol–water partition coefficient (Wildman–Crippen LogP) is 1.84. The highest BCUT2D eigenvalue weighted by atomic mass is 16.5. The van der Waals surface area contributed by atoms with Crippen molar-refractivity contribution in [2.45, 2.75) is 26.8 Å². The summed E-state index contributed by atoms with van der Waals surface area (Å²) in [5, 5.41) is 8.53. The lowest BCUT2D eigenvalue weighted by atomic mass is 10.1. The Kier molecular flexibility index (Phi) is 3.70. The van der Waals surface area contributed by atoms with E-state index in [1.807, 2.05) is 26.0 Å². The fourth-order valence-electron chi connectivity index (χ4n) is 1.31. The van der Waals surface area contributed by atoms with E-state index in [1.54, 1.807) is 0 Å². The molecule has 1 aromatic carbocycles. The van der Waals surface area contributed by atoms with E-state index in [0.29, 0.717) is 0 Å². The number of hydrogen-bond acceptors (Lipinski definition) is 3. The van der Waals surface area contributed by atoms with Gasteiger partial charge in [-0.2, -0.15) is 5.26 Å². The van der Waals surface area contributed by atoms with Crippen molar-refractivity contribution in [3.63, 3.8) is 0 Å². The van der Waals surface area contributed by atoms with E-state index in [4.69, 9.17) is 15.7 Å². The summed E-state index contributed by atoms with van der Waals surface area (Å²) in [4.78, 5) is 0. The van der Waals surface area contributed by atoms with Gasteiger partial charge in [-0.25, -0.2) is 0 Å². The quantitative estimate of drug-likeness (QED) is 0.817. The highest BCUT2D eigenvalue weighted by Crippen LogP contribution is 2.22. The van der Waals surface area contributed by atoms with E-state index in [0.717, 1.165) is 11.3 Å². The molecule has 3 heteroatoms. The summed E-state index contributed by atoms with van der Waals surface area (Å²) in [6.45, 7) is 6.32. The van der Waals surface area contributed by atoms with Crippen molar-refractivity contribution in [2.24, 2.45) is 5.73 Å². The lowest BCUT2D eigenvalue weighted by molar-refractivity contribution is 0.306. The fraction of sp³-hybridized carbons (Fsp3) is 0.417. The monoisotopic (exact) mass is 204 g/mol.